The SMILES string of the molecule is CC(C)(S)CNCCOc1ccc2ccccc2c1. The van der Waals surface area contributed by atoms with Gasteiger partial charge in [0.1, 0.15) is 12.4 Å². The molecule has 0 aromatic heterocycles. The van der Waals surface area contributed by atoms with Crippen LogP contribution in [-0.2, 0) is 0 Å². The Bertz CT molecular complexity index is 534. The maximum absolute atomic E-state index is 5.74. The van der Waals surface area contributed by atoms with E-state index in [0.29, 0.717) is 6.61 Å². The number of hydrogen-bond donors (Lipinski definition) is 2. The van der Waals surface area contributed by atoms with E-state index in [1.165, 1.54) is 10.8 Å². The van der Waals surface area contributed by atoms with Crippen LogP contribution in [0.5, 0.6) is 5.75 Å². The Morgan fingerprint density at radius 1 is 1.11 bits per heavy atom. The molecule has 2 rings (SSSR count). The van der Waals surface area contributed by atoms with Crippen LogP contribution in [0, 0.1) is 0 Å². The van der Waals surface area contributed by atoms with Gasteiger partial charge in [-0.15, -0.1) is 0 Å². The molecule has 0 radical (unpaired) electrons. The average molecular weight is 275 g/mol. The van der Waals surface area contributed by atoms with Gasteiger partial charge in [-0.05, 0) is 36.8 Å². The van der Waals surface area contributed by atoms with Crippen LogP contribution in [0.1, 0.15) is 13.8 Å². The van der Waals surface area contributed by atoms with E-state index in [0.717, 1.165) is 18.8 Å². The molecule has 0 atom stereocenters. The summed E-state index contributed by atoms with van der Waals surface area (Å²) < 4.78 is 5.76. The summed E-state index contributed by atoms with van der Waals surface area (Å²) in [5.74, 6) is 0.922. The standard InChI is InChI=1S/C16H21NOS/c1-16(2,19)12-17-9-10-18-15-8-7-13-5-3-4-6-14(13)11-15/h3-8,11,17,19H,9-10,12H2,1-2H3. The zero-order chi connectivity index (χ0) is 13.7. The fourth-order valence-electron chi connectivity index (χ4n) is 1.89. The Balaban J connectivity index is 1.82. The number of ether oxygens (including phenoxy) is 1. The van der Waals surface area contributed by atoms with Crippen LogP contribution in [0.2, 0.25) is 0 Å². The lowest BCUT2D eigenvalue weighted by Crippen LogP contribution is -2.32. The molecule has 0 spiro atoms. The summed E-state index contributed by atoms with van der Waals surface area (Å²) in [6.45, 7) is 6.55. The van der Waals surface area contributed by atoms with Crippen molar-refractivity contribution in [1.29, 1.82) is 0 Å². The number of rotatable bonds is 6. The molecule has 0 aliphatic heterocycles. The minimum absolute atomic E-state index is 0.0168. The van der Waals surface area contributed by atoms with Crippen molar-refractivity contribution in [2.45, 2.75) is 18.6 Å². The highest BCUT2D eigenvalue weighted by Gasteiger charge is 2.09. The molecule has 2 aromatic rings. The molecule has 19 heavy (non-hydrogen) atoms. The maximum atomic E-state index is 5.74. The number of nitrogens with one attached hydrogen (secondary N) is 1. The lowest BCUT2D eigenvalue weighted by Gasteiger charge is -2.17. The minimum Gasteiger partial charge on any atom is -0.492 e. The summed E-state index contributed by atoms with van der Waals surface area (Å²) in [6, 6.07) is 14.5. The van der Waals surface area contributed by atoms with Gasteiger partial charge >= 0.3 is 0 Å². The van der Waals surface area contributed by atoms with Crippen molar-refractivity contribution in [3.8, 4) is 5.75 Å². The molecule has 2 nitrogen and oxygen atoms in total. The molecular weight excluding hydrogens is 254 g/mol. The zero-order valence-corrected chi connectivity index (χ0v) is 12.4. The van der Waals surface area contributed by atoms with Crippen molar-refractivity contribution >= 4 is 23.4 Å². The Kier molecular flexibility index (Phi) is 4.72. The number of hydrogen-bond acceptors (Lipinski definition) is 3. The van der Waals surface area contributed by atoms with Crippen molar-refractivity contribution in [2.24, 2.45) is 0 Å². The summed E-state index contributed by atoms with van der Waals surface area (Å²) >= 11 is 4.46. The molecule has 0 fully saturated rings. The number of fused-ring (bicyclic) bond motifs is 1. The fraction of sp³-hybridized carbons (Fsp3) is 0.375. The summed E-state index contributed by atoms with van der Waals surface area (Å²) in [5, 5.41) is 5.78. The van der Waals surface area contributed by atoms with E-state index >= 15 is 0 Å². The van der Waals surface area contributed by atoms with E-state index in [1.807, 2.05) is 18.2 Å². The lowest BCUT2D eigenvalue weighted by atomic mass is 10.1. The molecule has 3 heteroatoms. The summed E-state index contributed by atoms with van der Waals surface area (Å²) in [4.78, 5) is 0. The van der Waals surface area contributed by atoms with Crippen LogP contribution in [0.4, 0.5) is 0 Å². The van der Waals surface area contributed by atoms with Gasteiger partial charge in [0.05, 0.1) is 0 Å². The Labute approximate surface area is 120 Å². The first kappa shape index (κ1) is 14.2. The maximum Gasteiger partial charge on any atom is 0.120 e. The smallest absolute Gasteiger partial charge is 0.120 e. The molecule has 0 aliphatic carbocycles. The van der Waals surface area contributed by atoms with Crippen molar-refractivity contribution in [3.63, 3.8) is 0 Å². The molecule has 1 N–H and O–H groups in total. The third-order valence-corrected chi connectivity index (χ3v) is 2.98. The normalized spacial score (nSPS) is 11.7. The van der Waals surface area contributed by atoms with Gasteiger partial charge in [-0.1, -0.05) is 30.3 Å². The van der Waals surface area contributed by atoms with Gasteiger partial charge in [0.15, 0.2) is 0 Å². The van der Waals surface area contributed by atoms with E-state index < -0.39 is 0 Å². The molecule has 0 unspecified atom stereocenters. The molecule has 2 aromatic carbocycles. The molecule has 0 bridgehead atoms. The van der Waals surface area contributed by atoms with Crippen LogP contribution in [0.25, 0.3) is 10.8 Å². The molecule has 0 saturated carbocycles. The first-order valence-corrected chi connectivity index (χ1v) is 7.04. The largest absolute Gasteiger partial charge is 0.492 e. The third kappa shape index (κ3) is 4.77. The fourth-order valence-corrected chi connectivity index (χ4v) is 2.00. The first-order valence-electron chi connectivity index (χ1n) is 6.59. The minimum atomic E-state index is 0.0168. The zero-order valence-electron chi connectivity index (χ0n) is 11.5. The van der Waals surface area contributed by atoms with Gasteiger partial charge in [-0.25, -0.2) is 0 Å². The van der Waals surface area contributed by atoms with Crippen molar-refractivity contribution in [2.75, 3.05) is 19.7 Å². The van der Waals surface area contributed by atoms with Crippen LogP contribution >= 0.6 is 12.6 Å². The van der Waals surface area contributed by atoms with Crippen molar-refractivity contribution < 1.29 is 4.74 Å². The van der Waals surface area contributed by atoms with Crippen LogP contribution < -0.4 is 10.1 Å². The lowest BCUT2D eigenvalue weighted by molar-refractivity contribution is 0.313. The number of thiol groups is 1. The second kappa shape index (κ2) is 6.31. The monoisotopic (exact) mass is 275 g/mol. The summed E-state index contributed by atoms with van der Waals surface area (Å²) in [5.41, 5.74) is 0. The molecule has 0 heterocycles. The van der Waals surface area contributed by atoms with E-state index in [1.54, 1.807) is 0 Å². The van der Waals surface area contributed by atoms with Gasteiger partial charge in [-0.3, -0.25) is 0 Å². The Morgan fingerprint density at radius 2 is 1.84 bits per heavy atom. The molecule has 0 aliphatic rings. The quantitative estimate of drug-likeness (QED) is 0.622. The number of benzene rings is 2. The molecule has 0 amide bonds. The van der Waals surface area contributed by atoms with Gasteiger partial charge in [0.2, 0.25) is 0 Å². The van der Waals surface area contributed by atoms with E-state index in [4.69, 9.17) is 4.74 Å². The van der Waals surface area contributed by atoms with Crippen LogP contribution in [-0.4, -0.2) is 24.4 Å². The van der Waals surface area contributed by atoms with Gasteiger partial charge in [-0.2, -0.15) is 12.6 Å². The van der Waals surface area contributed by atoms with Crippen LogP contribution in [0.3, 0.4) is 0 Å². The van der Waals surface area contributed by atoms with E-state index in [-0.39, 0.29) is 4.75 Å². The average Bonchev–Trinajstić information content (AvgIpc) is 2.37. The second-order valence-electron chi connectivity index (χ2n) is 5.35. The van der Waals surface area contributed by atoms with Crippen molar-refractivity contribution in [1.82, 2.24) is 5.32 Å². The third-order valence-electron chi connectivity index (χ3n) is 2.83. The van der Waals surface area contributed by atoms with Crippen LogP contribution in [0.15, 0.2) is 42.5 Å². The van der Waals surface area contributed by atoms with Gasteiger partial charge in [0.25, 0.3) is 0 Å². The van der Waals surface area contributed by atoms with E-state index in [9.17, 15) is 0 Å². The Morgan fingerprint density at radius 3 is 2.58 bits per heavy atom. The molecule has 0 saturated heterocycles. The highest BCUT2D eigenvalue weighted by molar-refractivity contribution is 7.81. The highest BCUT2D eigenvalue weighted by atomic mass is 32.1. The topological polar surface area (TPSA) is 21.3 Å². The molecule has 102 valence electrons. The summed E-state index contributed by atoms with van der Waals surface area (Å²) in [7, 11) is 0. The van der Waals surface area contributed by atoms with Crippen molar-refractivity contribution in [3.05, 3.63) is 42.5 Å². The highest BCUT2D eigenvalue weighted by Crippen LogP contribution is 2.20. The summed E-state index contributed by atoms with van der Waals surface area (Å²) in [6.07, 6.45) is 0. The first-order chi connectivity index (χ1) is 9.04. The predicted octanol–water partition coefficient (Wildman–Crippen LogP) is 3.52. The second-order valence-corrected chi connectivity index (χ2v) is 6.56. The predicted molar refractivity (Wildman–Crippen MR) is 85.4 cm³/mol. The van der Waals surface area contributed by atoms with E-state index in [2.05, 4.69) is 56.1 Å². The van der Waals surface area contributed by atoms with Gasteiger partial charge < -0.3 is 10.1 Å². The molecular formula is C16H21NOS. The van der Waals surface area contributed by atoms with Gasteiger partial charge in [0, 0.05) is 17.8 Å². The Hall–Kier alpha value is -1.19.